The Morgan fingerprint density at radius 2 is 1.89 bits per heavy atom. The van der Waals surface area contributed by atoms with Gasteiger partial charge in [0.2, 0.25) is 11.8 Å². The summed E-state index contributed by atoms with van der Waals surface area (Å²) in [5, 5.41) is 8.99. The van der Waals surface area contributed by atoms with Gasteiger partial charge in [-0.05, 0) is 53.1 Å². The van der Waals surface area contributed by atoms with Crippen molar-refractivity contribution in [2.45, 2.75) is 31.1 Å². The lowest BCUT2D eigenvalue weighted by molar-refractivity contribution is 0.533. The Labute approximate surface area is 159 Å². The minimum absolute atomic E-state index is 0.0951. The maximum absolute atomic E-state index is 12.4. The minimum atomic E-state index is -0.927. The summed E-state index contributed by atoms with van der Waals surface area (Å²) in [4.78, 5) is 0.943. The van der Waals surface area contributed by atoms with Crippen LogP contribution in [0.5, 0.6) is 0 Å². The first-order chi connectivity index (χ1) is 12.9. The van der Waals surface area contributed by atoms with Crippen LogP contribution < -0.4 is 0 Å². The molecule has 5 rings (SSSR count). The topological polar surface area (TPSA) is 75.1 Å². The fourth-order valence-corrected chi connectivity index (χ4v) is 5.47. The van der Waals surface area contributed by atoms with Crippen LogP contribution in [-0.4, -0.2) is 20.5 Å². The summed E-state index contributed by atoms with van der Waals surface area (Å²) < 4.78 is 23.7. The molecule has 0 fully saturated rings. The molecule has 1 unspecified atom stereocenters. The van der Waals surface area contributed by atoms with Crippen molar-refractivity contribution >= 4 is 22.1 Å². The smallest absolute Gasteiger partial charge is 0.247 e. The van der Waals surface area contributed by atoms with Crippen molar-refractivity contribution < 1.29 is 13.4 Å². The van der Waals surface area contributed by atoms with Gasteiger partial charge in [-0.25, -0.2) is 0 Å². The monoisotopic (exact) mass is 378 g/mol. The number of aromatic nitrogens is 2. The normalized spacial score (nSPS) is 18.1. The van der Waals surface area contributed by atoms with Gasteiger partial charge in [-0.15, -0.1) is 10.2 Å². The molecule has 0 N–H and O–H groups in total. The Morgan fingerprint density at radius 1 is 1.07 bits per heavy atom. The molecule has 5 nitrogen and oxygen atoms in total. The number of hydrogen-bond acceptors (Lipinski definition) is 5. The predicted molar refractivity (Wildman–Crippen MR) is 104 cm³/mol. The quantitative estimate of drug-likeness (QED) is 0.466. The Balaban J connectivity index is 1.66. The molecular weight excluding hydrogens is 360 g/mol. The van der Waals surface area contributed by atoms with Crippen molar-refractivity contribution in [2.24, 2.45) is 0 Å². The largest absolute Gasteiger partial charge is 0.611 e. The van der Waals surface area contributed by atoms with Crippen LogP contribution in [0.1, 0.15) is 25.3 Å². The van der Waals surface area contributed by atoms with E-state index in [0.29, 0.717) is 17.5 Å². The number of hydrogen-bond donors (Lipinski definition) is 0. The minimum Gasteiger partial charge on any atom is -0.611 e. The lowest BCUT2D eigenvalue weighted by Gasteiger charge is -2.14. The summed E-state index contributed by atoms with van der Waals surface area (Å²) >= 11 is -0.927. The van der Waals surface area contributed by atoms with Crippen LogP contribution in [0.4, 0.5) is 0 Å². The summed E-state index contributed by atoms with van der Waals surface area (Å²) in [7, 11) is 0. The molecule has 0 amide bonds. The highest BCUT2D eigenvalue weighted by Gasteiger charge is 2.40. The second-order valence-electron chi connectivity index (χ2n) is 7.57. The van der Waals surface area contributed by atoms with Crippen molar-refractivity contribution in [1.82, 2.24) is 10.2 Å². The molecule has 1 atom stereocenters. The molecule has 1 aliphatic heterocycles. The van der Waals surface area contributed by atoms with Crippen LogP contribution in [0.3, 0.4) is 0 Å². The van der Waals surface area contributed by atoms with Crippen molar-refractivity contribution in [1.29, 1.82) is 0 Å². The third-order valence-corrected chi connectivity index (χ3v) is 6.93. The Hall–Kier alpha value is -2.57. The standard InChI is InChI=1S/C21H18N2O3S/c1-12-22-23-20(26-12)14-4-6-18-15(8-14)16(10-25-18)13-5-7-19-17(9-13)21(2,3)11-27(19)24/h4-10H,11H2,1-3H3. The zero-order chi connectivity index (χ0) is 18.8. The second-order valence-corrected chi connectivity index (χ2v) is 8.99. The van der Waals surface area contributed by atoms with Crippen LogP contribution in [0, 0.1) is 6.92 Å². The molecule has 0 spiro atoms. The van der Waals surface area contributed by atoms with Crippen LogP contribution in [0.2, 0.25) is 0 Å². The van der Waals surface area contributed by atoms with Crippen LogP contribution in [0.25, 0.3) is 33.6 Å². The number of nitrogens with zero attached hydrogens (tertiary/aromatic N) is 2. The number of aryl methyl sites for hydroxylation is 1. The number of furan rings is 1. The van der Waals surface area contributed by atoms with Crippen molar-refractivity contribution in [2.75, 3.05) is 5.75 Å². The lowest BCUT2D eigenvalue weighted by atomic mass is 9.85. The molecule has 1 aliphatic rings. The van der Waals surface area contributed by atoms with E-state index >= 15 is 0 Å². The fourth-order valence-electron chi connectivity index (χ4n) is 3.71. The average molecular weight is 378 g/mol. The first-order valence-corrected chi connectivity index (χ1v) is 10.1. The van der Waals surface area contributed by atoms with E-state index in [9.17, 15) is 4.55 Å². The van der Waals surface area contributed by atoms with Crippen LogP contribution >= 0.6 is 0 Å². The van der Waals surface area contributed by atoms with Gasteiger partial charge in [-0.3, -0.25) is 0 Å². The molecule has 0 aliphatic carbocycles. The molecule has 6 heteroatoms. The molecule has 4 aromatic rings. The summed E-state index contributed by atoms with van der Waals surface area (Å²) in [6.07, 6.45) is 1.77. The first-order valence-electron chi connectivity index (χ1n) is 8.77. The highest BCUT2D eigenvalue weighted by Crippen LogP contribution is 2.42. The Kier molecular flexibility index (Phi) is 3.51. The maximum Gasteiger partial charge on any atom is 0.247 e. The van der Waals surface area contributed by atoms with E-state index in [1.807, 2.05) is 30.3 Å². The van der Waals surface area contributed by atoms with Gasteiger partial charge in [0.1, 0.15) is 11.3 Å². The third kappa shape index (κ3) is 2.59. The molecule has 0 saturated heterocycles. The fraction of sp³-hybridized carbons (Fsp3) is 0.238. The molecule has 27 heavy (non-hydrogen) atoms. The molecule has 0 radical (unpaired) electrons. The summed E-state index contributed by atoms with van der Waals surface area (Å²) in [5.74, 6) is 1.69. The molecule has 136 valence electrons. The van der Waals surface area contributed by atoms with Gasteiger partial charge in [0.15, 0.2) is 4.90 Å². The second kappa shape index (κ2) is 5.71. The summed E-state index contributed by atoms with van der Waals surface area (Å²) in [6.45, 7) is 6.06. The number of rotatable bonds is 2. The summed E-state index contributed by atoms with van der Waals surface area (Å²) in [6, 6.07) is 12.0. The van der Waals surface area contributed by atoms with Crippen molar-refractivity contribution in [3.63, 3.8) is 0 Å². The van der Waals surface area contributed by atoms with E-state index in [0.717, 1.165) is 38.1 Å². The third-order valence-electron chi connectivity index (χ3n) is 5.10. The van der Waals surface area contributed by atoms with Crippen molar-refractivity contribution in [3.8, 4) is 22.6 Å². The Morgan fingerprint density at radius 3 is 2.67 bits per heavy atom. The van der Waals surface area contributed by atoms with Gasteiger partial charge in [-0.1, -0.05) is 13.8 Å². The molecule has 2 aromatic carbocycles. The van der Waals surface area contributed by atoms with Crippen LogP contribution in [0.15, 0.2) is 56.4 Å². The van der Waals surface area contributed by atoms with Gasteiger partial charge in [-0.2, -0.15) is 0 Å². The van der Waals surface area contributed by atoms with E-state index in [2.05, 4.69) is 30.1 Å². The van der Waals surface area contributed by atoms with E-state index in [-0.39, 0.29) is 5.41 Å². The highest BCUT2D eigenvalue weighted by molar-refractivity contribution is 7.91. The van der Waals surface area contributed by atoms with E-state index in [1.165, 1.54) is 0 Å². The molecule has 2 aromatic heterocycles. The highest BCUT2D eigenvalue weighted by atomic mass is 32.2. The van der Waals surface area contributed by atoms with Gasteiger partial charge in [0.25, 0.3) is 0 Å². The first kappa shape index (κ1) is 16.6. The molecule has 0 saturated carbocycles. The summed E-state index contributed by atoms with van der Waals surface area (Å²) in [5.41, 5.74) is 4.76. The number of fused-ring (bicyclic) bond motifs is 2. The lowest BCUT2D eigenvalue weighted by Crippen LogP contribution is -2.19. The van der Waals surface area contributed by atoms with Gasteiger partial charge in [0.05, 0.1) is 6.26 Å². The predicted octanol–water partition coefficient (Wildman–Crippen LogP) is 4.86. The molecule has 3 heterocycles. The average Bonchev–Trinajstić information content (AvgIpc) is 3.31. The maximum atomic E-state index is 12.4. The molecular formula is C21H18N2O3S. The number of benzene rings is 2. The zero-order valence-corrected chi connectivity index (χ0v) is 16.1. The van der Waals surface area contributed by atoms with Gasteiger partial charge < -0.3 is 13.4 Å². The van der Waals surface area contributed by atoms with Crippen LogP contribution in [-0.2, 0) is 16.6 Å². The van der Waals surface area contributed by atoms with Gasteiger partial charge in [0, 0.05) is 34.4 Å². The van der Waals surface area contributed by atoms with E-state index in [4.69, 9.17) is 8.83 Å². The Bertz CT molecular complexity index is 1180. The van der Waals surface area contributed by atoms with Gasteiger partial charge >= 0.3 is 0 Å². The SMILES string of the molecule is Cc1nnc(-c2ccc3occ(-c4ccc5c(c4)C(C)(C)C[S+]5[O-])c3c2)o1. The van der Waals surface area contributed by atoms with E-state index < -0.39 is 11.2 Å². The molecule has 0 bridgehead atoms. The van der Waals surface area contributed by atoms with Crippen molar-refractivity contribution in [3.05, 3.63) is 54.1 Å². The zero-order valence-electron chi connectivity index (χ0n) is 15.3. The van der Waals surface area contributed by atoms with E-state index in [1.54, 1.807) is 13.2 Å².